The summed E-state index contributed by atoms with van der Waals surface area (Å²) in [6.45, 7) is 1.88. The maximum Gasteiger partial charge on any atom is 0.356 e. The second kappa shape index (κ2) is 7.22. The Balaban J connectivity index is 2.15. The molecule has 0 N–H and O–H groups in total. The number of esters is 1. The normalized spacial score (nSPS) is 11.5. The van der Waals surface area contributed by atoms with Crippen LogP contribution in [0.5, 0.6) is 0 Å². The van der Waals surface area contributed by atoms with Crippen LogP contribution in [0.4, 0.5) is 0 Å². The van der Waals surface area contributed by atoms with Crippen LogP contribution < -0.4 is 0 Å². The van der Waals surface area contributed by atoms with Crippen molar-refractivity contribution in [1.82, 2.24) is 3.97 Å². The van der Waals surface area contributed by atoms with Crippen LogP contribution in [-0.2, 0) is 14.8 Å². The zero-order chi connectivity index (χ0) is 20.6. The minimum absolute atomic E-state index is 0.0134. The topological polar surface area (TPSA) is 65.4 Å². The van der Waals surface area contributed by atoms with Crippen molar-refractivity contribution in [2.24, 2.45) is 0 Å². The average Bonchev–Trinajstić information content (AvgIpc) is 3.10. The molecule has 0 fully saturated rings. The average molecular weight is 405 g/mol. The van der Waals surface area contributed by atoms with Crippen LogP contribution in [0.2, 0.25) is 0 Å². The van der Waals surface area contributed by atoms with Gasteiger partial charge in [-0.05, 0) is 30.7 Å². The smallest absolute Gasteiger partial charge is 0.356 e. The van der Waals surface area contributed by atoms with E-state index in [-0.39, 0.29) is 10.6 Å². The first-order valence-electron chi connectivity index (χ1n) is 9.04. The number of aryl methyl sites for hydroxylation is 1. The molecule has 0 atom stereocenters. The maximum atomic E-state index is 13.6. The fourth-order valence-electron chi connectivity index (χ4n) is 3.46. The van der Waals surface area contributed by atoms with Crippen molar-refractivity contribution in [3.8, 4) is 11.1 Å². The Morgan fingerprint density at radius 3 is 2.14 bits per heavy atom. The van der Waals surface area contributed by atoms with Crippen molar-refractivity contribution in [3.63, 3.8) is 0 Å². The molecular formula is C23H19NO4S. The second-order valence-electron chi connectivity index (χ2n) is 6.68. The Hall–Kier alpha value is -3.38. The minimum atomic E-state index is -4.04. The van der Waals surface area contributed by atoms with Gasteiger partial charge in [-0.1, -0.05) is 66.2 Å². The SMILES string of the molecule is COC(=O)c1c(-c2ccccc2)c2ccccc2n1S(=O)(=O)c1ccc(C)cc1. The third-order valence-corrected chi connectivity index (χ3v) is 6.56. The van der Waals surface area contributed by atoms with Crippen LogP contribution in [0.1, 0.15) is 16.1 Å². The number of para-hydroxylation sites is 1. The molecular weight excluding hydrogens is 386 g/mol. The summed E-state index contributed by atoms with van der Waals surface area (Å²) in [6.07, 6.45) is 0. The zero-order valence-electron chi connectivity index (χ0n) is 16.0. The molecule has 0 unspecified atom stereocenters. The summed E-state index contributed by atoms with van der Waals surface area (Å²) in [7, 11) is -2.79. The molecule has 0 saturated carbocycles. The van der Waals surface area contributed by atoms with E-state index in [9.17, 15) is 13.2 Å². The van der Waals surface area contributed by atoms with E-state index < -0.39 is 16.0 Å². The number of methoxy groups -OCH3 is 1. The molecule has 1 aromatic heterocycles. The first-order chi connectivity index (χ1) is 13.9. The molecule has 0 amide bonds. The molecule has 0 saturated heterocycles. The van der Waals surface area contributed by atoms with Crippen LogP contribution in [0, 0.1) is 6.92 Å². The van der Waals surface area contributed by atoms with Gasteiger partial charge in [0.25, 0.3) is 10.0 Å². The highest BCUT2D eigenvalue weighted by Gasteiger charge is 2.31. The van der Waals surface area contributed by atoms with E-state index in [1.165, 1.54) is 7.11 Å². The van der Waals surface area contributed by atoms with Crippen molar-refractivity contribution >= 4 is 26.9 Å². The predicted octanol–water partition coefficient (Wildman–Crippen LogP) is 4.64. The Labute approximate surface area is 169 Å². The van der Waals surface area contributed by atoms with Crippen LogP contribution in [0.15, 0.2) is 83.8 Å². The molecule has 4 aromatic rings. The molecule has 0 aliphatic heterocycles. The van der Waals surface area contributed by atoms with Gasteiger partial charge in [-0.15, -0.1) is 0 Å². The van der Waals surface area contributed by atoms with Gasteiger partial charge < -0.3 is 4.74 Å². The lowest BCUT2D eigenvalue weighted by atomic mass is 10.0. The Kier molecular flexibility index (Phi) is 4.72. The molecule has 0 radical (unpaired) electrons. The van der Waals surface area contributed by atoms with E-state index >= 15 is 0 Å². The van der Waals surface area contributed by atoms with Gasteiger partial charge in [0.15, 0.2) is 5.69 Å². The number of hydrogen-bond acceptors (Lipinski definition) is 4. The lowest BCUT2D eigenvalue weighted by molar-refractivity contribution is 0.0594. The number of benzene rings is 3. The number of fused-ring (bicyclic) bond motifs is 1. The van der Waals surface area contributed by atoms with E-state index in [0.717, 1.165) is 15.1 Å². The number of carbonyl (C=O) groups is 1. The van der Waals surface area contributed by atoms with Crippen molar-refractivity contribution < 1.29 is 17.9 Å². The molecule has 6 heteroatoms. The van der Waals surface area contributed by atoms with E-state index in [1.807, 2.05) is 49.4 Å². The molecule has 29 heavy (non-hydrogen) atoms. The lowest BCUT2D eigenvalue weighted by Gasteiger charge is -2.12. The highest BCUT2D eigenvalue weighted by Crippen LogP contribution is 2.37. The number of ether oxygens (including phenoxy) is 1. The van der Waals surface area contributed by atoms with E-state index in [1.54, 1.807) is 36.4 Å². The Morgan fingerprint density at radius 1 is 0.862 bits per heavy atom. The van der Waals surface area contributed by atoms with Gasteiger partial charge in [-0.25, -0.2) is 17.2 Å². The highest BCUT2D eigenvalue weighted by atomic mass is 32.2. The third-order valence-electron chi connectivity index (χ3n) is 4.83. The molecule has 0 spiro atoms. The third kappa shape index (κ3) is 3.11. The fourth-order valence-corrected chi connectivity index (χ4v) is 4.97. The van der Waals surface area contributed by atoms with E-state index in [4.69, 9.17) is 4.74 Å². The van der Waals surface area contributed by atoms with Gasteiger partial charge in [0.05, 0.1) is 17.5 Å². The lowest BCUT2D eigenvalue weighted by Crippen LogP contribution is -2.19. The number of nitrogens with zero attached hydrogens (tertiary/aromatic N) is 1. The predicted molar refractivity (Wildman–Crippen MR) is 112 cm³/mol. The molecule has 3 aromatic carbocycles. The van der Waals surface area contributed by atoms with E-state index in [0.29, 0.717) is 16.5 Å². The van der Waals surface area contributed by atoms with Crippen molar-refractivity contribution in [1.29, 1.82) is 0 Å². The van der Waals surface area contributed by atoms with Crippen LogP contribution >= 0.6 is 0 Å². The number of aromatic nitrogens is 1. The van der Waals surface area contributed by atoms with Crippen molar-refractivity contribution in [3.05, 3.63) is 90.1 Å². The second-order valence-corrected chi connectivity index (χ2v) is 8.47. The van der Waals surface area contributed by atoms with Gasteiger partial charge in [-0.2, -0.15) is 0 Å². The molecule has 5 nitrogen and oxygen atoms in total. The summed E-state index contributed by atoms with van der Waals surface area (Å²) < 4.78 is 33.3. The fraction of sp³-hybridized carbons (Fsp3) is 0.0870. The van der Waals surface area contributed by atoms with Crippen molar-refractivity contribution in [2.45, 2.75) is 11.8 Å². The molecule has 146 valence electrons. The summed E-state index contributed by atoms with van der Waals surface area (Å²) in [5.74, 6) is -0.712. The molecule has 1 heterocycles. The van der Waals surface area contributed by atoms with E-state index in [2.05, 4.69) is 0 Å². The van der Waals surface area contributed by atoms with Gasteiger partial charge in [-0.3, -0.25) is 0 Å². The maximum absolute atomic E-state index is 13.6. The van der Waals surface area contributed by atoms with Crippen LogP contribution in [0.25, 0.3) is 22.0 Å². The summed E-state index contributed by atoms with van der Waals surface area (Å²) in [4.78, 5) is 12.9. The quantitative estimate of drug-likeness (QED) is 0.464. The van der Waals surface area contributed by atoms with Gasteiger partial charge in [0.2, 0.25) is 0 Å². The van der Waals surface area contributed by atoms with Gasteiger partial charge in [0.1, 0.15) is 0 Å². The Morgan fingerprint density at radius 2 is 1.48 bits per heavy atom. The molecule has 4 rings (SSSR count). The van der Waals surface area contributed by atoms with Crippen LogP contribution in [-0.4, -0.2) is 25.5 Å². The molecule has 0 bridgehead atoms. The molecule has 0 aliphatic carbocycles. The molecule has 0 aliphatic rings. The Bertz CT molecular complexity index is 1300. The van der Waals surface area contributed by atoms with Gasteiger partial charge >= 0.3 is 5.97 Å². The highest BCUT2D eigenvalue weighted by molar-refractivity contribution is 7.90. The van der Waals surface area contributed by atoms with Crippen LogP contribution in [0.3, 0.4) is 0 Å². The van der Waals surface area contributed by atoms with Crippen molar-refractivity contribution in [2.75, 3.05) is 7.11 Å². The minimum Gasteiger partial charge on any atom is -0.464 e. The number of rotatable bonds is 4. The summed E-state index contributed by atoms with van der Waals surface area (Å²) in [5, 5.41) is 0.662. The first kappa shape index (κ1) is 19.0. The first-order valence-corrected chi connectivity index (χ1v) is 10.5. The monoisotopic (exact) mass is 405 g/mol. The zero-order valence-corrected chi connectivity index (χ0v) is 16.8. The summed E-state index contributed by atoms with van der Waals surface area (Å²) >= 11 is 0. The number of hydrogen-bond donors (Lipinski definition) is 0. The van der Waals surface area contributed by atoms with Gasteiger partial charge in [0, 0.05) is 10.9 Å². The largest absolute Gasteiger partial charge is 0.464 e. The standard InChI is InChI=1S/C23H19NO4S/c1-16-12-14-18(15-13-16)29(26,27)24-20-11-7-6-10-19(20)21(22(24)23(25)28-2)17-8-4-3-5-9-17/h3-15H,1-2H3. The number of carbonyl (C=O) groups excluding carboxylic acids is 1. The summed E-state index contributed by atoms with van der Waals surface area (Å²) in [5.41, 5.74) is 2.62. The summed E-state index contributed by atoms with van der Waals surface area (Å²) in [6, 6.07) is 22.9.